The van der Waals surface area contributed by atoms with E-state index in [-0.39, 0.29) is 40.3 Å². The molecule has 0 unspecified atom stereocenters. The highest BCUT2D eigenvalue weighted by Gasteiger charge is 2.38. The zero-order valence-corrected chi connectivity index (χ0v) is 25.9. The third kappa shape index (κ3) is 7.10. The normalized spacial score (nSPS) is 12.6. The first kappa shape index (κ1) is 33.8. The van der Waals surface area contributed by atoms with Gasteiger partial charge in [0.1, 0.15) is 40.1 Å². The Labute approximate surface area is 269 Å². The number of cyclic esters (lactones) is 2. The maximum atomic E-state index is 12.4. The molecule has 0 bridgehead atoms. The minimum atomic E-state index is -0.784. The Morgan fingerprint density at radius 1 is 0.638 bits per heavy atom. The minimum absolute atomic E-state index is 0.0394. The number of aromatic hydroxyl groups is 2. The number of phenols is 2. The van der Waals surface area contributed by atoms with E-state index in [1.54, 1.807) is 39.5 Å². The van der Waals surface area contributed by atoms with Crippen LogP contribution in [-0.4, -0.2) is 67.3 Å². The standard InChI is InChI=1S/C17H15NO5.C9H13NO2.C8H4O4/c1-22-11-7-6-10(14(8-11)23-2)9-18-16(20)12-4-3-5-13(19)15(12)17(18)21;1-11-8-4-3-7(6-10)9(5-8)12-2;9-5-3-1-2-4-6(5)8(11)12-7(4)10/h3-8,19H,9H2,1-2H3;3-5H,6,10H2,1-2H3;1-3,9H. The van der Waals surface area contributed by atoms with Crippen LogP contribution in [-0.2, 0) is 17.8 Å². The molecule has 0 spiro atoms. The van der Waals surface area contributed by atoms with E-state index in [0.717, 1.165) is 22.0 Å². The summed E-state index contributed by atoms with van der Waals surface area (Å²) < 4.78 is 24.8. The number of carbonyl (C=O) groups is 4. The number of benzene rings is 4. The van der Waals surface area contributed by atoms with Gasteiger partial charge >= 0.3 is 11.9 Å². The number of amides is 2. The number of imide groups is 1. The summed E-state index contributed by atoms with van der Waals surface area (Å²) in [5, 5.41) is 19.0. The number of esters is 2. The van der Waals surface area contributed by atoms with Crippen molar-refractivity contribution in [3.63, 3.8) is 0 Å². The highest BCUT2D eigenvalue weighted by molar-refractivity contribution is 6.22. The average Bonchev–Trinajstić information content (AvgIpc) is 3.52. The van der Waals surface area contributed by atoms with Crippen molar-refractivity contribution in [2.24, 2.45) is 5.73 Å². The molecule has 0 radical (unpaired) electrons. The summed E-state index contributed by atoms with van der Waals surface area (Å²) in [7, 11) is 6.29. The van der Waals surface area contributed by atoms with Gasteiger partial charge in [-0.15, -0.1) is 0 Å². The summed E-state index contributed by atoms with van der Waals surface area (Å²) in [6.45, 7) is 0.534. The van der Waals surface area contributed by atoms with Crippen molar-refractivity contribution in [1.29, 1.82) is 0 Å². The third-order valence-corrected chi connectivity index (χ3v) is 7.17. The lowest BCUT2D eigenvalue weighted by molar-refractivity contribution is 0.0441. The highest BCUT2D eigenvalue weighted by Crippen LogP contribution is 2.33. The number of ether oxygens (including phenoxy) is 5. The fourth-order valence-electron chi connectivity index (χ4n) is 4.75. The lowest BCUT2D eigenvalue weighted by Gasteiger charge is -2.16. The molecule has 0 saturated heterocycles. The van der Waals surface area contributed by atoms with Crippen molar-refractivity contribution in [2.75, 3.05) is 28.4 Å². The van der Waals surface area contributed by atoms with E-state index < -0.39 is 23.8 Å². The van der Waals surface area contributed by atoms with Gasteiger partial charge in [0.05, 0.1) is 51.7 Å². The Morgan fingerprint density at radius 3 is 1.68 bits per heavy atom. The average molecular weight is 645 g/mol. The molecular formula is C34H32N2O11. The second-order valence-corrected chi connectivity index (χ2v) is 9.83. The molecule has 0 fully saturated rings. The molecular weight excluding hydrogens is 612 g/mol. The fraction of sp³-hybridized carbons (Fsp3) is 0.176. The summed E-state index contributed by atoms with van der Waals surface area (Å²) >= 11 is 0. The molecule has 13 nitrogen and oxygen atoms in total. The van der Waals surface area contributed by atoms with Crippen LogP contribution < -0.4 is 24.7 Å². The van der Waals surface area contributed by atoms with Gasteiger partial charge in [0, 0.05) is 29.8 Å². The quantitative estimate of drug-likeness (QED) is 0.149. The van der Waals surface area contributed by atoms with Crippen LogP contribution in [0.25, 0.3) is 0 Å². The topological polar surface area (TPSA) is 184 Å². The number of phenolic OH excluding ortho intramolecular Hbond substituents is 2. The van der Waals surface area contributed by atoms with E-state index in [2.05, 4.69) is 4.74 Å². The summed E-state index contributed by atoms with van der Waals surface area (Å²) in [6, 6.07) is 19.4. The van der Waals surface area contributed by atoms with E-state index >= 15 is 0 Å². The molecule has 0 atom stereocenters. The van der Waals surface area contributed by atoms with Crippen LogP contribution in [0.15, 0.2) is 72.8 Å². The maximum Gasteiger partial charge on any atom is 0.350 e. The summed E-state index contributed by atoms with van der Waals surface area (Å²) in [5.74, 6) is -0.149. The first-order valence-electron chi connectivity index (χ1n) is 14.0. The SMILES string of the molecule is COc1ccc(CN)c(OC)c1.COc1ccc(CN2C(=O)c3cccc(O)c3C2=O)c(OC)c1.O=C1OC(=O)c2c(O)cccc21. The van der Waals surface area contributed by atoms with Gasteiger partial charge in [0.2, 0.25) is 0 Å². The fourth-order valence-corrected chi connectivity index (χ4v) is 4.75. The zero-order valence-electron chi connectivity index (χ0n) is 25.9. The number of methoxy groups -OCH3 is 4. The van der Waals surface area contributed by atoms with Gasteiger partial charge in [0.15, 0.2) is 0 Å². The minimum Gasteiger partial charge on any atom is -0.507 e. The lowest BCUT2D eigenvalue weighted by atomic mass is 10.1. The molecule has 244 valence electrons. The summed E-state index contributed by atoms with van der Waals surface area (Å²) in [6.07, 6.45) is 0. The second kappa shape index (κ2) is 14.8. The van der Waals surface area contributed by atoms with Gasteiger partial charge in [-0.1, -0.05) is 18.2 Å². The van der Waals surface area contributed by atoms with Crippen LogP contribution in [0.1, 0.15) is 52.6 Å². The molecule has 0 aliphatic carbocycles. The third-order valence-electron chi connectivity index (χ3n) is 7.17. The van der Waals surface area contributed by atoms with E-state index in [4.69, 9.17) is 29.8 Å². The van der Waals surface area contributed by atoms with Gasteiger partial charge in [-0.3, -0.25) is 14.5 Å². The largest absolute Gasteiger partial charge is 0.507 e. The molecule has 2 amide bonds. The molecule has 2 aliphatic heterocycles. The van der Waals surface area contributed by atoms with Crippen LogP contribution in [0.3, 0.4) is 0 Å². The van der Waals surface area contributed by atoms with E-state index in [0.29, 0.717) is 23.6 Å². The number of hydrogen-bond donors (Lipinski definition) is 3. The number of hydrogen-bond acceptors (Lipinski definition) is 12. The number of rotatable bonds is 7. The van der Waals surface area contributed by atoms with Crippen molar-refractivity contribution in [1.82, 2.24) is 4.90 Å². The Hall–Kier alpha value is -6.08. The molecule has 13 heteroatoms. The Balaban J connectivity index is 0.000000176. The second-order valence-electron chi connectivity index (χ2n) is 9.83. The molecule has 4 aromatic carbocycles. The number of nitrogens with two attached hydrogens (primary N) is 1. The summed E-state index contributed by atoms with van der Waals surface area (Å²) in [4.78, 5) is 47.7. The molecule has 2 heterocycles. The van der Waals surface area contributed by atoms with Gasteiger partial charge in [-0.2, -0.15) is 0 Å². The predicted octanol–water partition coefficient (Wildman–Crippen LogP) is 4.07. The molecule has 47 heavy (non-hydrogen) atoms. The van der Waals surface area contributed by atoms with Crippen molar-refractivity contribution < 1.29 is 53.1 Å². The van der Waals surface area contributed by atoms with Crippen molar-refractivity contribution in [3.8, 4) is 34.5 Å². The molecule has 4 N–H and O–H groups in total. The van der Waals surface area contributed by atoms with Crippen LogP contribution >= 0.6 is 0 Å². The van der Waals surface area contributed by atoms with Crippen LogP contribution in [0.4, 0.5) is 0 Å². The van der Waals surface area contributed by atoms with Crippen LogP contribution in [0.2, 0.25) is 0 Å². The van der Waals surface area contributed by atoms with Crippen molar-refractivity contribution >= 4 is 23.8 Å². The van der Waals surface area contributed by atoms with E-state index in [9.17, 15) is 24.3 Å². The number of carbonyl (C=O) groups excluding carboxylic acids is 4. The predicted molar refractivity (Wildman–Crippen MR) is 167 cm³/mol. The van der Waals surface area contributed by atoms with Crippen molar-refractivity contribution in [2.45, 2.75) is 13.1 Å². The van der Waals surface area contributed by atoms with Gasteiger partial charge in [-0.25, -0.2) is 9.59 Å². The van der Waals surface area contributed by atoms with Crippen LogP contribution in [0.5, 0.6) is 34.5 Å². The Morgan fingerprint density at radius 2 is 1.17 bits per heavy atom. The molecule has 0 aromatic heterocycles. The first-order chi connectivity index (χ1) is 22.6. The molecule has 0 saturated carbocycles. The Kier molecular flexibility index (Phi) is 10.6. The number of fused-ring (bicyclic) bond motifs is 2. The highest BCUT2D eigenvalue weighted by atomic mass is 16.6. The summed E-state index contributed by atoms with van der Waals surface area (Å²) in [5.41, 5.74) is 7.49. The van der Waals surface area contributed by atoms with Crippen LogP contribution in [0, 0.1) is 0 Å². The van der Waals surface area contributed by atoms with Gasteiger partial charge < -0.3 is 39.6 Å². The monoisotopic (exact) mass is 644 g/mol. The smallest absolute Gasteiger partial charge is 0.350 e. The zero-order chi connectivity index (χ0) is 34.2. The molecule has 6 rings (SSSR count). The number of nitrogens with zero attached hydrogens (tertiary/aromatic N) is 1. The lowest BCUT2D eigenvalue weighted by Crippen LogP contribution is -2.29. The maximum absolute atomic E-state index is 12.4. The molecule has 4 aromatic rings. The van der Waals surface area contributed by atoms with Gasteiger partial charge in [0.25, 0.3) is 11.8 Å². The molecule has 2 aliphatic rings. The van der Waals surface area contributed by atoms with Gasteiger partial charge in [-0.05, 0) is 42.5 Å². The van der Waals surface area contributed by atoms with Crippen molar-refractivity contribution in [3.05, 3.63) is 106 Å². The first-order valence-corrected chi connectivity index (χ1v) is 14.0. The Bertz CT molecular complexity index is 1840. The van der Waals surface area contributed by atoms with E-state index in [1.165, 1.54) is 43.5 Å². The van der Waals surface area contributed by atoms with E-state index in [1.807, 2.05) is 18.2 Å².